The van der Waals surface area contributed by atoms with Gasteiger partial charge in [-0.1, -0.05) is 44.2 Å². The molecule has 1 atom stereocenters. The number of hydrogen-bond acceptors (Lipinski definition) is 4. The highest BCUT2D eigenvalue weighted by molar-refractivity contribution is 5.73. The molecule has 2 N–H and O–H groups in total. The summed E-state index contributed by atoms with van der Waals surface area (Å²) in [5.41, 5.74) is 4.93. The average molecular weight is 351 g/mol. The maximum absolute atomic E-state index is 11.3. The van der Waals surface area contributed by atoms with Crippen LogP contribution < -0.4 is 5.73 Å². The lowest BCUT2D eigenvalue weighted by Crippen LogP contribution is -2.39. The lowest BCUT2D eigenvalue weighted by molar-refractivity contribution is -0.131. The van der Waals surface area contributed by atoms with Gasteiger partial charge in [0.1, 0.15) is 12.3 Å². The molecule has 0 aliphatic rings. The number of likely N-dealkylation sites (N-methyl/N-ethyl adjacent to an activating group) is 1. The van der Waals surface area contributed by atoms with Gasteiger partial charge >= 0.3 is 0 Å². The first-order valence-corrected chi connectivity index (χ1v) is 8.17. The Hall–Kier alpha value is -2.70. The predicted molar refractivity (Wildman–Crippen MR) is 97.5 cm³/mol. The minimum absolute atomic E-state index is 0.0410. The molecule has 7 heteroatoms. The number of aldehydes is 1. The van der Waals surface area contributed by atoms with Gasteiger partial charge in [-0.15, -0.1) is 0 Å². The molecule has 1 aromatic carbocycles. The predicted octanol–water partition coefficient (Wildman–Crippen LogP) is 1.38. The summed E-state index contributed by atoms with van der Waals surface area (Å²) in [6.07, 6.45) is 1.65. The molecule has 3 amide bonds. The smallest absolute Gasteiger partial charge is 0.219 e. The summed E-state index contributed by atoms with van der Waals surface area (Å²) < 4.78 is 0. The van der Waals surface area contributed by atoms with Crippen molar-refractivity contribution in [2.75, 3.05) is 19.6 Å². The van der Waals surface area contributed by atoms with E-state index in [0.29, 0.717) is 26.0 Å². The van der Waals surface area contributed by atoms with Crippen LogP contribution in [0.4, 0.5) is 0 Å². The molecule has 7 nitrogen and oxygen atoms in total. The second-order valence-electron chi connectivity index (χ2n) is 4.57. The van der Waals surface area contributed by atoms with Gasteiger partial charge in [0.25, 0.3) is 0 Å². The van der Waals surface area contributed by atoms with Crippen LogP contribution in [0.25, 0.3) is 0 Å². The third kappa shape index (κ3) is 9.91. The Morgan fingerprint density at radius 3 is 2.00 bits per heavy atom. The van der Waals surface area contributed by atoms with Crippen molar-refractivity contribution in [2.24, 2.45) is 5.73 Å². The van der Waals surface area contributed by atoms with Crippen LogP contribution in [0.5, 0.6) is 0 Å². The highest BCUT2D eigenvalue weighted by atomic mass is 16.2. The molecule has 1 aromatic rings. The molecule has 1 rings (SSSR count). The Balaban J connectivity index is 0. The number of amides is 3. The molecule has 0 aromatic heterocycles. The summed E-state index contributed by atoms with van der Waals surface area (Å²) in [7, 11) is 0. The SMILES string of the molecule is CC.CCN(CCN(C=O)C(C=O)c1ccccc1)C(C)=O.NC=O. The van der Waals surface area contributed by atoms with E-state index in [1.165, 1.54) is 11.8 Å². The van der Waals surface area contributed by atoms with Crippen LogP contribution in [0.1, 0.15) is 39.3 Å². The van der Waals surface area contributed by atoms with E-state index in [-0.39, 0.29) is 12.3 Å². The van der Waals surface area contributed by atoms with Crippen LogP contribution in [-0.4, -0.2) is 54.4 Å². The first-order chi connectivity index (χ1) is 12.0. The van der Waals surface area contributed by atoms with Gasteiger partial charge in [0.2, 0.25) is 18.7 Å². The van der Waals surface area contributed by atoms with E-state index in [9.17, 15) is 14.4 Å². The summed E-state index contributed by atoms with van der Waals surface area (Å²) in [6, 6.07) is 8.49. The fraction of sp³-hybridized carbons (Fsp3) is 0.444. The van der Waals surface area contributed by atoms with Gasteiger partial charge in [-0.05, 0) is 12.5 Å². The number of carbonyl (C=O) groups is 4. The van der Waals surface area contributed by atoms with Gasteiger partial charge in [0, 0.05) is 26.6 Å². The Morgan fingerprint density at radius 1 is 1.12 bits per heavy atom. The molecule has 0 radical (unpaired) electrons. The molecule has 0 aliphatic heterocycles. The zero-order chi connectivity index (χ0) is 19.7. The number of nitrogens with two attached hydrogens (primary N) is 1. The highest BCUT2D eigenvalue weighted by Gasteiger charge is 2.19. The van der Waals surface area contributed by atoms with E-state index < -0.39 is 6.04 Å². The van der Waals surface area contributed by atoms with Crippen LogP contribution in [0.15, 0.2) is 30.3 Å². The molecule has 1 unspecified atom stereocenters. The van der Waals surface area contributed by atoms with Gasteiger partial charge in [-0.25, -0.2) is 0 Å². The third-order valence-corrected chi connectivity index (χ3v) is 3.22. The van der Waals surface area contributed by atoms with Gasteiger partial charge in [-0.3, -0.25) is 14.4 Å². The molecular formula is C18H29N3O4. The molecule has 0 spiro atoms. The molecule has 0 saturated heterocycles. The van der Waals surface area contributed by atoms with Crippen molar-refractivity contribution in [1.82, 2.24) is 9.80 Å². The van der Waals surface area contributed by atoms with Crippen LogP contribution >= 0.6 is 0 Å². The van der Waals surface area contributed by atoms with Crippen LogP contribution in [0.3, 0.4) is 0 Å². The lowest BCUT2D eigenvalue weighted by atomic mass is 10.1. The van der Waals surface area contributed by atoms with Crippen LogP contribution in [0, 0.1) is 0 Å². The molecule has 140 valence electrons. The molecule has 0 aliphatic carbocycles. The minimum atomic E-state index is -0.612. The number of rotatable bonds is 8. The average Bonchev–Trinajstić information content (AvgIpc) is 2.64. The normalized spacial score (nSPS) is 9.92. The minimum Gasteiger partial charge on any atom is -0.372 e. The summed E-state index contributed by atoms with van der Waals surface area (Å²) in [6.45, 7) is 8.69. The van der Waals surface area contributed by atoms with Crippen molar-refractivity contribution in [3.05, 3.63) is 35.9 Å². The molecule has 25 heavy (non-hydrogen) atoms. The van der Waals surface area contributed by atoms with Gasteiger partial charge in [-0.2, -0.15) is 0 Å². The first-order valence-electron chi connectivity index (χ1n) is 8.17. The maximum atomic E-state index is 11.3. The van der Waals surface area contributed by atoms with E-state index in [1.54, 1.807) is 17.0 Å². The molecular weight excluding hydrogens is 322 g/mol. The third-order valence-electron chi connectivity index (χ3n) is 3.22. The van der Waals surface area contributed by atoms with Crippen LogP contribution in [-0.2, 0) is 19.2 Å². The molecule has 0 saturated carbocycles. The Labute approximate surface area is 149 Å². The Morgan fingerprint density at radius 2 is 1.64 bits per heavy atom. The van der Waals surface area contributed by atoms with Crippen molar-refractivity contribution >= 4 is 25.0 Å². The van der Waals surface area contributed by atoms with Gasteiger partial charge in [0.05, 0.1) is 0 Å². The Kier molecular flexibility index (Phi) is 15.9. The van der Waals surface area contributed by atoms with Gasteiger partial charge in [0.15, 0.2) is 0 Å². The maximum Gasteiger partial charge on any atom is 0.219 e. The Bertz CT molecular complexity index is 494. The summed E-state index contributed by atoms with van der Waals surface area (Å²) >= 11 is 0. The second-order valence-corrected chi connectivity index (χ2v) is 4.57. The topological polar surface area (TPSA) is 101 Å². The highest BCUT2D eigenvalue weighted by Crippen LogP contribution is 2.16. The van der Waals surface area contributed by atoms with Crippen molar-refractivity contribution in [2.45, 2.75) is 33.7 Å². The molecule has 0 fully saturated rings. The summed E-state index contributed by atoms with van der Waals surface area (Å²) in [4.78, 5) is 45.4. The van der Waals surface area contributed by atoms with Crippen molar-refractivity contribution in [3.8, 4) is 0 Å². The van der Waals surface area contributed by atoms with E-state index in [4.69, 9.17) is 4.79 Å². The van der Waals surface area contributed by atoms with Crippen molar-refractivity contribution in [3.63, 3.8) is 0 Å². The van der Waals surface area contributed by atoms with Crippen molar-refractivity contribution < 1.29 is 19.2 Å². The van der Waals surface area contributed by atoms with E-state index in [2.05, 4.69) is 5.73 Å². The molecule has 0 bridgehead atoms. The lowest BCUT2D eigenvalue weighted by Gasteiger charge is -2.27. The standard InChI is InChI=1S/C15H20N2O3.C2H6.CH3NO/c1-3-16(13(2)20)9-10-17(12-19)15(11-18)14-7-5-4-6-8-14;1-2;2-1-3/h4-8,11-12,15H,3,9-10H2,1-2H3;1-2H3;1H,(H2,2,3). The van der Waals surface area contributed by atoms with Gasteiger partial charge < -0.3 is 20.3 Å². The fourth-order valence-corrected chi connectivity index (χ4v) is 2.03. The number of carbonyl (C=O) groups excluding carboxylic acids is 4. The number of nitrogens with zero attached hydrogens (tertiary/aromatic N) is 2. The number of hydrogen-bond donors (Lipinski definition) is 1. The van der Waals surface area contributed by atoms with E-state index in [1.807, 2.05) is 39.0 Å². The summed E-state index contributed by atoms with van der Waals surface area (Å²) in [5, 5.41) is 0. The number of primary amides is 1. The molecule has 0 heterocycles. The zero-order valence-electron chi connectivity index (χ0n) is 15.4. The first kappa shape index (κ1) is 24.6. The van der Waals surface area contributed by atoms with Crippen LogP contribution in [0.2, 0.25) is 0 Å². The monoisotopic (exact) mass is 351 g/mol. The zero-order valence-corrected chi connectivity index (χ0v) is 15.4. The summed E-state index contributed by atoms with van der Waals surface area (Å²) in [5.74, 6) is -0.0410. The van der Waals surface area contributed by atoms with E-state index in [0.717, 1.165) is 11.8 Å². The van der Waals surface area contributed by atoms with Crippen molar-refractivity contribution in [1.29, 1.82) is 0 Å². The second kappa shape index (κ2) is 16.2. The van der Waals surface area contributed by atoms with E-state index >= 15 is 0 Å². The fourth-order valence-electron chi connectivity index (χ4n) is 2.03. The number of benzene rings is 1. The largest absolute Gasteiger partial charge is 0.372 e. The quantitative estimate of drug-likeness (QED) is 0.715.